The molecule has 3 aromatic carbocycles. The Morgan fingerprint density at radius 3 is 2.27 bits per heavy atom. The molecule has 0 radical (unpaired) electrons. The van der Waals surface area contributed by atoms with E-state index in [4.69, 9.17) is 9.73 Å². The van der Waals surface area contributed by atoms with Crippen LogP contribution in [0.25, 0.3) is 27.5 Å². The lowest BCUT2D eigenvalue weighted by molar-refractivity contribution is 0.263. The van der Waals surface area contributed by atoms with Crippen molar-refractivity contribution in [1.29, 1.82) is 0 Å². The largest absolute Gasteiger partial charge is 0.464 e. The van der Waals surface area contributed by atoms with Gasteiger partial charge < -0.3 is 15.4 Å². The highest BCUT2D eigenvalue weighted by atomic mass is 16.5. The summed E-state index contributed by atoms with van der Waals surface area (Å²) in [5, 5.41) is 9.35. The standard InChI is InChI=1S/C33H24N6O/c1-2-6-23(7-3-1)32-36-25-10-11-29-30(31(25)40-32)24-8-4-5-9-28(24)39(29)33-37-26(21-12-16-34-17-13-21)20-27(38-33)22-14-18-35-19-15-22/h1-20,26,32,36H,(H,37,38). The fraction of sp³-hybridized carbons (Fsp3) is 0.0606. The maximum Gasteiger partial charge on any atom is 0.208 e. The first-order chi connectivity index (χ1) is 19.8. The number of para-hydroxylation sites is 1. The fourth-order valence-corrected chi connectivity index (χ4v) is 5.63. The average Bonchev–Trinajstić information content (AvgIpc) is 3.62. The minimum Gasteiger partial charge on any atom is -0.464 e. The molecule has 6 aromatic rings. The van der Waals surface area contributed by atoms with Crippen molar-refractivity contribution in [3.8, 4) is 5.75 Å². The van der Waals surface area contributed by atoms with Crippen LogP contribution in [0.3, 0.4) is 0 Å². The Morgan fingerprint density at radius 2 is 1.45 bits per heavy atom. The predicted molar refractivity (Wildman–Crippen MR) is 158 cm³/mol. The van der Waals surface area contributed by atoms with Crippen molar-refractivity contribution in [3.63, 3.8) is 0 Å². The van der Waals surface area contributed by atoms with E-state index in [-0.39, 0.29) is 12.3 Å². The van der Waals surface area contributed by atoms with Crippen molar-refractivity contribution >= 4 is 39.1 Å². The van der Waals surface area contributed by atoms with Gasteiger partial charge in [-0.25, -0.2) is 4.99 Å². The first kappa shape index (κ1) is 22.5. The zero-order valence-corrected chi connectivity index (χ0v) is 21.4. The number of nitrogens with zero attached hydrogens (tertiary/aromatic N) is 4. The Bertz CT molecular complexity index is 1930. The molecule has 2 N–H and O–H groups in total. The Hall–Kier alpha value is -5.43. The van der Waals surface area contributed by atoms with Crippen molar-refractivity contribution in [2.75, 3.05) is 5.32 Å². The van der Waals surface area contributed by atoms with Gasteiger partial charge in [-0.05, 0) is 54.1 Å². The van der Waals surface area contributed by atoms with Crippen LogP contribution < -0.4 is 15.4 Å². The molecule has 0 saturated carbocycles. The van der Waals surface area contributed by atoms with Gasteiger partial charge in [-0.3, -0.25) is 14.5 Å². The van der Waals surface area contributed by atoms with Crippen LogP contribution in [-0.2, 0) is 0 Å². The first-order valence-corrected chi connectivity index (χ1v) is 13.3. The molecule has 0 saturated heterocycles. The lowest BCUT2D eigenvalue weighted by atomic mass is 10.0. The highest BCUT2D eigenvalue weighted by Gasteiger charge is 2.29. The summed E-state index contributed by atoms with van der Waals surface area (Å²) in [6.45, 7) is 0. The molecule has 0 spiro atoms. The molecule has 2 aliphatic heterocycles. The fourth-order valence-electron chi connectivity index (χ4n) is 5.63. The number of pyridine rings is 2. The molecule has 0 bridgehead atoms. The summed E-state index contributed by atoms with van der Waals surface area (Å²) in [5.74, 6) is 1.60. The third kappa shape index (κ3) is 3.63. The van der Waals surface area contributed by atoms with Crippen LogP contribution >= 0.6 is 0 Å². The van der Waals surface area contributed by atoms with E-state index in [0.717, 1.165) is 61.6 Å². The highest BCUT2D eigenvalue weighted by Crippen LogP contribution is 2.47. The van der Waals surface area contributed by atoms with Crippen molar-refractivity contribution in [2.45, 2.75) is 12.3 Å². The van der Waals surface area contributed by atoms with Gasteiger partial charge in [-0.1, -0.05) is 48.5 Å². The molecule has 3 aromatic heterocycles. The average molecular weight is 521 g/mol. The molecule has 0 amide bonds. The van der Waals surface area contributed by atoms with E-state index in [2.05, 4.69) is 79.8 Å². The first-order valence-electron chi connectivity index (χ1n) is 13.3. The van der Waals surface area contributed by atoms with Crippen LogP contribution in [-0.4, -0.2) is 20.5 Å². The molecule has 2 aliphatic rings. The number of benzene rings is 3. The summed E-state index contributed by atoms with van der Waals surface area (Å²) in [6.07, 6.45) is 9.14. The normalized spacial score (nSPS) is 17.9. The molecule has 7 nitrogen and oxygen atoms in total. The molecular weight excluding hydrogens is 496 g/mol. The maximum atomic E-state index is 6.59. The van der Waals surface area contributed by atoms with E-state index < -0.39 is 0 Å². The second-order valence-electron chi connectivity index (χ2n) is 9.86. The second kappa shape index (κ2) is 9.10. The van der Waals surface area contributed by atoms with E-state index in [1.165, 1.54) is 0 Å². The summed E-state index contributed by atoms with van der Waals surface area (Å²) < 4.78 is 8.79. The van der Waals surface area contributed by atoms with E-state index in [0.29, 0.717) is 0 Å². The Morgan fingerprint density at radius 1 is 0.700 bits per heavy atom. The van der Waals surface area contributed by atoms with Crippen LogP contribution in [0.5, 0.6) is 5.75 Å². The van der Waals surface area contributed by atoms with E-state index in [1.54, 1.807) is 0 Å². The van der Waals surface area contributed by atoms with Gasteiger partial charge in [-0.15, -0.1) is 0 Å². The van der Waals surface area contributed by atoms with Gasteiger partial charge in [0.05, 0.1) is 28.1 Å². The molecular formula is C33H24N6O. The van der Waals surface area contributed by atoms with Crippen molar-refractivity contribution < 1.29 is 4.74 Å². The Kier molecular flexibility index (Phi) is 5.13. The summed E-state index contributed by atoms with van der Waals surface area (Å²) in [5.41, 5.74) is 7.22. The minimum absolute atomic E-state index is 0.187. The number of rotatable bonds is 3. The quantitative estimate of drug-likeness (QED) is 0.272. The molecule has 2 unspecified atom stereocenters. The third-order valence-electron chi connectivity index (χ3n) is 7.50. The lowest BCUT2D eigenvalue weighted by Gasteiger charge is -2.24. The molecule has 192 valence electrons. The maximum absolute atomic E-state index is 6.59. The molecule has 5 heterocycles. The van der Waals surface area contributed by atoms with Gasteiger partial charge in [-0.2, -0.15) is 0 Å². The number of ether oxygens (including phenoxy) is 1. The number of anilines is 1. The SMILES string of the molecule is C1=C(c2ccncc2)NC(n2c3ccccc3c3c4c(ccc32)NC(c2ccccc2)O4)=NC1c1ccncc1. The highest BCUT2D eigenvalue weighted by molar-refractivity contribution is 6.18. The van der Waals surface area contributed by atoms with Gasteiger partial charge in [0.15, 0.2) is 12.0 Å². The summed E-state index contributed by atoms with van der Waals surface area (Å²) in [6, 6.07) is 30.8. The van der Waals surface area contributed by atoms with Gasteiger partial charge in [0.2, 0.25) is 5.96 Å². The van der Waals surface area contributed by atoms with Crippen LogP contribution in [0, 0.1) is 0 Å². The summed E-state index contributed by atoms with van der Waals surface area (Å²) >= 11 is 0. The number of hydrogen-bond acceptors (Lipinski definition) is 6. The van der Waals surface area contributed by atoms with E-state index in [9.17, 15) is 0 Å². The van der Waals surface area contributed by atoms with Crippen molar-refractivity contribution in [1.82, 2.24) is 19.9 Å². The molecule has 8 rings (SSSR count). The van der Waals surface area contributed by atoms with Crippen molar-refractivity contribution in [3.05, 3.63) is 139 Å². The Labute approximate surface area is 230 Å². The molecule has 7 heteroatoms. The zero-order chi connectivity index (χ0) is 26.5. The predicted octanol–water partition coefficient (Wildman–Crippen LogP) is 6.68. The van der Waals surface area contributed by atoms with E-state index >= 15 is 0 Å². The zero-order valence-electron chi connectivity index (χ0n) is 21.4. The molecule has 40 heavy (non-hydrogen) atoms. The van der Waals surface area contributed by atoms with Crippen LogP contribution in [0.2, 0.25) is 0 Å². The topological polar surface area (TPSA) is 76.4 Å². The molecule has 0 aliphatic carbocycles. The van der Waals surface area contributed by atoms with Crippen LogP contribution in [0.15, 0.2) is 127 Å². The van der Waals surface area contributed by atoms with Gasteiger partial charge in [0, 0.05) is 47.0 Å². The van der Waals surface area contributed by atoms with Gasteiger partial charge >= 0.3 is 0 Å². The second-order valence-corrected chi connectivity index (χ2v) is 9.86. The number of fused-ring (bicyclic) bond motifs is 5. The minimum atomic E-state index is -0.244. The Balaban J connectivity index is 1.31. The third-order valence-corrected chi connectivity index (χ3v) is 7.50. The van der Waals surface area contributed by atoms with Crippen LogP contribution in [0.1, 0.15) is 29.0 Å². The summed E-state index contributed by atoms with van der Waals surface area (Å²) in [7, 11) is 0. The number of nitrogens with one attached hydrogen (secondary N) is 2. The lowest BCUT2D eigenvalue weighted by Crippen LogP contribution is -2.32. The van der Waals surface area contributed by atoms with Crippen molar-refractivity contribution in [2.24, 2.45) is 4.99 Å². The van der Waals surface area contributed by atoms with Gasteiger partial charge in [0.25, 0.3) is 0 Å². The van der Waals surface area contributed by atoms with E-state index in [1.807, 2.05) is 67.3 Å². The monoisotopic (exact) mass is 520 g/mol. The van der Waals surface area contributed by atoms with Crippen LogP contribution in [0.4, 0.5) is 5.69 Å². The number of aromatic nitrogens is 3. The summed E-state index contributed by atoms with van der Waals surface area (Å²) in [4.78, 5) is 13.6. The molecule has 2 atom stereocenters. The smallest absolute Gasteiger partial charge is 0.208 e. The number of aliphatic imine (C=N–C) groups is 1. The number of hydrogen-bond donors (Lipinski definition) is 2. The molecule has 0 fully saturated rings. The van der Waals surface area contributed by atoms with Gasteiger partial charge in [0.1, 0.15) is 0 Å².